The summed E-state index contributed by atoms with van der Waals surface area (Å²) in [6, 6.07) is 13.3. The summed E-state index contributed by atoms with van der Waals surface area (Å²) < 4.78 is 17.1. The number of nitrogens with zero attached hydrogens (tertiary/aromatic N) is 2. The predicted molar refractivity (Wildman–Crippen MR) is 127 cm³/mol. The maximum atomic E-state index is 12.2. The molecule has 2 N–H and O–H groups in total. The number of fused-ring (bicyclic) bond motifs is 1. The lowest BCUT2D eigenvalue weighted by molar-refractivity contribution is 0.0930. The molecule has 1 amide bonds. The van der Waals surface area contributed by atoms with E-state index in [1.807, 2.05) is 42.5 Å². The predicted octanol–water partition coefficient (Wildman–Crippen LogP) is 3.80. The number of amides is 1. The van der Waals surface area contributed by atoms with Crippen LogP contribution in [0.15, 0.2) is 48.7 Å². The summed E-state index contributed by atoms with van der Waals surface area (Å²) in [4.78, 5) is 21.3. The molecule has 0 radical (unpaired) electrons. The Morgan fingerprint density at radius 2 is 2.00 bits per heavy atom. The Balaban J connectivity index is 1.64. The minimum Gasteiger partial charge on any atom is -0.496 e. The zero-order chi connectivity index (χ0) is 22.9. The first-order valence-corrected chi connectivity index (χ1v) is 12.0. The number of nitrogens with one attached hydrogen (secondary N) is 2. The van der Waals surface area contributed by atoms with Crippen LogP contribution in [0.3, 0.4) is 0 Å². The third-order valence-electron chi connectivity index (χ3n) is 5.53. The van der Waals surface area contributed by atoms with Gasteiger partial charge in [-0.15, -0.1) is 0 Å². The van der Waals surface area contributed by atoms with Crippen molar-refractivity contribution in [2.75, 3.05) is 25.2 Å². The summed E-state index contributed by atoms with van der Waals surface area (Å²) in [7, 11) is 0.608. The average molecular weight is 451 g/mol. The molecule has 2 aromatic carbocycles. The highest BCUT2D eigenvalue weighted by Crippen LogP contribution is 2.33. The van der Waals surface area contributed by atoms with Crippen molar-refractivity contribution < 1.29 is 13.7 Å². The van der Waals surface area contributed by atoms with Crippen LogP contribution in [0.25, 0.3) is 11.3 Å². The van der Waals surface area contributed by atoms with E-state index in [9.17, 15) is 9.00 Å². The molecule has 1 unspecified atom stereocenters. The van der Waals surface area contributed by atoms with E-state index in [1.54, 1.807) is 19.6 Å². The van der Waals surface area contributed by atoms with Gasteiger partial charge in [0.15, 0.2) is 0 Å². The minimum atomic E-state index is -0.990. The van der Waals surface area contributed by atoms with Crippen LogP contribution in [0.4, 0.5) is 11.6 Å². The first-order valence-electron chi connectivity index (χ1n) is 10.3. The molecule has 1 atom stereocenters. The molecule has 0 saturated heterocycles. The quantitative estimate of drug-likeness (QED) is 0.593. The molecule has 166 valence electrons. The third-order valence-corrected chi connectivity index (χ3v) is 6.25. The molecular weight excluding hydrogens is 424 g/mol. The molecule has 1 aliphatic rings. The standard InChI is InChI=1S/C24H26N4O3S/c1-24(2)14-26-22(29)18-7-5-15(12-19(18)24)20-9-10-25-23(28-20)27-17-6-8-21(31-3)16(11-17)13-32(4)30/h5-12H,13-14H2,1-4H3,(H,26,29)(H,25,27,28). The Kier molecular flexibility index (Phi) is 5.97. The first-order chi connectivity index (χ1) is 15.3. The topological polar surface area (TPSA) is 93.2 Å². The van der Waals surface area contributed by atoms with Crippen molar-refractivity contribution in [1.82, 2.24) is 15.3 Å². The molecule has 1 aliphatic heterocycles. The molecule has 3 aromatic rings. The molecule has 0 aliphatic carbocycles. The lowest BCUT2D eigenvalue weighted by Gasteiger charge is -2.32. The van der Waals surface area contributed by atoms with Crippen molar-refractivity contribution >= 4 is 28.3 Å². The number of hydrogen-bond donors (Lipinski definition) is 2. The van der Waals surface area contributed by atoms with E-state index in [-0.39, 0.29) is 11.3 Å². The van der Waals surface area contributed by atoms with Crippen molar-refractivity contribution in [3.05, 3.63) is 65.4 Å². The molecule has 0 fully saturated rings. The highest BCUT2D eigenvalue weighted by atomic mass is 32.2. The highest BCUT2D eigenvalue weighted by molar-refractivity contribution is 7.83. The molecule has 1 aromatic heterocycles. The molecular formula is C24H26N4O3S. The molecule has 0 saturated carbocycles. The maximum Gasteiger partial charge on any atom is 0.251 e. The van der Waals surface area contributed by atoms with E-state index in [4.69, 9.17) is 4.74 Å². The van der Waals surface area contributed by atoms with Crippen LogP contribution in [0.5, 0.6) is 5.75 Å². The van der Waals surface area contributed by atoms with Gasteiger partial charge in [0.05, 0.1) is 18.6 Å². The Bertz CT molecular complexity index is 1210. The van der Waals surface area contributed by atoms with Crippen molar-refractivity contribution in [2.24, 2.45) is 0 Å². The van der Waals surface area contributed by atoms with Crippen LogP contribution in [-0.4, -0.2) is 40.0 Å². The van der Waals surface area contributed by atoms with Gasteiger partial charge >= 0.3 is 0 Å². The van der Waals surface area contributed by atoms with Gasteiger partial charge in [-0.1, -0.05) is 19.9 Å². The van der Waals surface area contributed by atoms with Gasteiger partial charge in [-0.05, 0) is 42.0 Å². The summed E-state index contributed by atoms with van der Waals surface area (Å²) in [6.45, 7) is 4.83. The van der Waals surface area contributed by atoms with Crippen LogP contribution >= 0.6 is 0 Å². The van der Waals surface area contributed by atoms with Gasteiger partial charge in [0.25, 0.3) is 5.91 Å². The van der Waals surface area contributed by atoms with Gasteiger partial charge in [0.1, 0.15) is 5.75 Å². The molecule has 4 rings (SSSR count). The van der Waals surface area contributed by atoms with Gasteiger partial charge in [-0.25, -0.2) is 9.97 Å². The van der Waals surface area contributed by atoms with E-state index < -0.39 is 10.8 Å². The van der Waals surface area contributed by atoms with E-state index in [1.165, 1.54) is 0 Å². The zero-order valence-electron chi connectivity index (χ0n) is 18.6. The average Bonchev–Trinajstić information content (AvgIpc) is 2.76. The summed E-state index contributed by atoms with van der Waals surface area (Å²) in [6.07, 6.45) is 3.36. The van der Waals surface area contributed by atoms with E-state index in [2.05, 4.69) is 34.4 Å². The third kappa shape index (κ3) is 4.50. The fourth-order valence-corrected chi connectivity index (χ4v) is 4.51. The highest BCUT2D eigenvalue weighted by Gasteiger charge is 2.31. The number of anilines is 2. The molecule has 2 heterocycles. The second kappa shape index (κ2) is 8.70. The number of hydrogen-bond acceptors (Lipinski definition) is 6. The Labute approximate surface area is 190 Å². The number of methoxy groups -OCH3 is 1. The van der Waals surface area contributed by atoms with Gasteiger partial charge < -0.3 is 15.4 Å². The maximum absolute atomic E-state index is 12.2. The van der Waals surface area contributed by atoms with Gasteiger partial charge in [0.2, 0.25) is 5.95 Å². The van der Waals surface area contributed by atoms with Crippen LogP contribution in [-0.2, 0) is 22.0 Å². The van der Waals surface area contributed by atoms with Gasteiger partial charge in [-0.2, -0.15) is 0 Å². The monoisotopic (exact) mass is 450 g/mol. The molecule has 8 heteroatoms. The number of benzene rings is 2. The van der Waals surface area contributed by atoms with Crippen molar-refractivity contribution in [3.8, 4) is 17.0 Å². The first kappa shape index (κ1) is 22.0. The largest absolute Gasteiger partial charge is 0.496 e. The Morgan fingerprint density at radius 3 is 2.75 bits per heavy atom. The van der Waals surface area contributed by atoms with Crippen molar-refractivity contribution in [2.45, 2.75) is 25.0 Å². The van der Waals surface area contributed by atoms with Crippen molar-refractivity contribution in [1.29, 1.82) is 0 Å². The number of ether oxygens (including phenoxy) is 1. The summed E-state index contributed by atoms with van der Waals surface area (Å²) in [5.41, 5.74) is 4.88. The number of carbonyl (C=O) groups is 1. The second-order valence-electron chi connectivity index (χ2n) is 8.46. The smallest absolute Gasteiger partial charge is 0.251 e. The molecule has 0 bridgehead atoms. The molecule has 0 spiro atoms. The normalized spacial score (nSPS) is 15.4. The van der Waals surface area contributed by atoms with E-state index in [0.29, 0.717) is 29.6 Å². The van der Waals surface area contributed by atoms with Crippen molar-refractivity contribution in [3.63, 3.8) is 0 Å². The van der Waals surface area contributed by atoms with Crippen LogP contribution in [0.2, 0.25) is 0 Å². The summed E-state index contributed by atoms with van der Waals surface area (Å²) >= 11 is 0. The Hall–Kier alpha value is -3.26. The fraction of sp³-hybridized carbons (Fsp3) is 0.292. The molecule has 32 heavy (non-hydrogen) atoms. The minimum absolute atomic E-state index is 0.0424. The summed E-state index contributed by atoms with van der Waals surface area (Å²) in [5.74, 6) is 1.50. The second-order valence-corrected chi connectivity index (χ2v) is 9.90. The lowest BCUT2D eigenvalue weighted by atomic mass is 9.78. The fourth-order valence-electron chi connectivity index (χ4n) is 3.85. The van der Waals surface area contributed by atoms with Crippen LogP contribution < -0.4 is 15.4 Å². The number of aromatic nitrogens is 2. The Morgan fingerprint density at radius 1 is 1.19 bits per heavy atom. The molecule has 7 nitrogen and oxygen atoms in total. The SMILES string of the molecule is COc1ccc(Nc2nccc(-c3ccc4c(c3)C(C)(C)CNC4=O)n2)cc1CS(C)=O. The zero-order valence-corrected chi connectivity index (χ0v) is 19.4. The lowest BCUT2D eigenvalue weighted by Crippen LogP contribution is -2.43. The van der Waals surface area contributed by atoms with Gasteiger partial charge in [0, 0.05) is 57.6 Å². The number of carbonyl (C=O) groups excluding carboxylic acids is 1. The van der Waals surface area contributed by atoms with Gasteiger partial charge in [-0.3, -0.25) is 9.00 Å². The number of rotatable bonds is 6. The van der Waals surface area contributed by atoms with E-state index >= 15 is 0 Å². The van der Waals surface area contributed by atoms with Crippen LogP contribution in [0.1, 0.15) is 35.3 Å². The van der Waals surface area contributed by atoms with Crippen LogP contribution in [0, 0.1) is 0 Å². The summed E-state index contributed by atoms with van der Waals surface area (Å²) in [5, 5.41) is 6.17. The van der Waals surface area contributed by atoms with E-state index in [0.717, 1.165) is 28.1 Å².